The number of nitrogens with zero attached hydrogens (tertiary/aromatic N) is 1. The van der Waals surface area contributed by atoms with Gasteiger partial charge in [0.05, 0.1) is 5.69 Å². The molecule has 6 nitrogen and oxygen atoms in total. The molecule has 0 aromatic heterocycles. The van der Waals surface area contributed by atoms with E-state index < -0.39 is 58.9 Å². The number of nitrogens with one attached hydrogen (secondary N) is 2. The molecule has 0 saturated carbocycles. The van der Waals surface area contributed by atoms with Crippen LogP contribution >= 0.6 is 0 Å². The van der Waals surface area contributed by atoms with E-state index in [-0.39, 0.29) is 0 Å². The van der Waals surface area contributed by atoms with Gasteiger partial charge in [0.25, 0.3) is 5.91 Å². The first-order valence-corrected chi connectivity index (χ1v) is 7.97. The van der Waals surface area contributed by atoms with Gasteiger partial charge >= 0.3 is 6.03 Å². The number of imide groups is 1. The molecule has 10 heteroatoms. The molecule has 1 atom stereocenters. The lowest BCUT2D eigenvalue weighted by molar-refractivity contribution is -0.133. The minimum Gasteiger partial charge on any atom is -0.322 e. The molecule has 0 spiro atoms. The largest absolute Gasteiger partial charge is 0.325 e. The van der Waals surface area contributed by atoms with Crippen LogP contribution < -0.4 is 10.6 Å². The van der Waals surface area contributed by atoms with Gasteiger partial charge < -0.3 is 10.6 Å². The fraction of sp³-hybridized carbons (Fsp3) is 0.167. The SMILES string of the molecule is CC1(c2ccc(F)cc2)NC(=O)N(CC(=O)Nc2ccc(F)c(F)c2F)C1=O. The van der Waals surface area contributed by atoms with Crippen LogP contribution in [0.4, 0.5) is 28.0 Å². The number of hydrogen-bond acceptors (Lipinski definition) is 3. The highest BCUT2D eigenvalue weighted by atomic mass is 19.2. The molecule has 2 aromatic carbocycles. The Morgan fingerprint density at radius 1 is 1.04 bits per heavy atom. The van der Waals surface area contributed by atoms with Crippen molar-refractivity contribution in [3.05, 3.63) is 65.2 Å². The van der Waals surface area contributed by atoms with Gasteiger partial charge in [0.15, 0.2) is 17.5 Å². The monoisotopic (exact) mass is 395 g/mol. The second-order valence-corrected chi connectivity index (χ2v) is 6.22. The van der Waals surface area contributed by atoms with Crippen molar-refractivity contribution in [2.24, 2.45) is 0 Å². The highest BCUT2D eigenvalue weighted by molar-refractivity contribution is 6.10. The number of carbonyl (C=O) groups is 3. The van der Waals surface area contributed by atoms with E-state index in [1.807, 2.05) is 5.32 Å². The predicted octanol–water partition coefficient (Wildman–Crippen LogP) is 2.65. The molecule has 0 aliphatic carbocycles. The van der Waals surface area contributed by atoms with Crippen LogP contribution in [0.3, 0.4) is 0 Å². The lowest BCUT2D eigenvalue weighted by atomic mass is 9.92. The molecule has 4 amide bonds. The summed E-state index contributed by atoms with van der Waals surface area (Å²) in [5.74, 6) is -7.13. The average molecular weight is 395 g/mol. The van der Waals surface area contributed by atoms with Crippen LogP contribution in [-0.4, -0.2) is 29.3 Å². The van der Waals surface area contributed by atoms with Crippen LogP contribution in [-0.2, 0) is 15.1 Å². The van der Waals surface area contributed by atoms with Crippen LogP contribution in [0.1, 0.15) is 12.5 Å². The Kier molecular flexibility index (Phi) is 4.80. The molecule has 1 fully saturated rings. The van der Waals surface area contributed by atoms with Gasteiger partial charge in [0.2, 0.25) is 5.91 Å². The summed E-state index contributed by atoms with van der Waals surface area (Å²) in [5, 5.41) is 4.39. The minimum absolute atomic E-state index is 0.293. The van der Waals surface area contributed by atoms with E-state index in [9.17, 15) is 31.9 Å². The molecule has 1 aliphatic heterocycles. The molecule has 1 aliphatic rings. The van der Waals surface area contributed by atoms with Gasteiger partial charge in [-0.3, -0.25) is 14.5 Å². The van der Waals surface area contributed by atoms with Gasteiger partial charge in [-0.05, 0) is 36.8 Å². The molecular formula is C18H13F4N3O3. The molecule has 146 valence electrons. The van der Waals surface area contributed by atoms with Crippen molar-refractivity contribution in [3.8, 4) is 0 Å². The summed E-state index contributed by atoms with van der Waals surface area (Å²) < 4.78 is 52.9. The molecule has 1 unspecified atom stereocenters. The third-order valence-corrected chi connectivity index (χ3v) is 4.31. The fourth-order valence-corrected chi connectivity index (χ4v) is 2.78. The quantitative estimate of drug-likeness (QED) is 0.475. The Balaban J connectivity index is 1.76. The normalized spacial score (nSPS) is 19.0. The van der Waals surface area contributed by atoms with E-state index in [0.717, 1.165) is 18.2 Å². The molecule has 3 rings (SSSR count). The first kappa shape index (κ1) is 19.3. The minimum atomic E-state index is -1.77. The van der Waals surface area contributed by atoms with Crippen molar-refractivity contribution in [3.63, 3.8) is 0 Å². The highest BCUT2D eigenvalue weighted by Crippen LogP contribution is 2.29. The maximum absolute atomic E-state index is 13.6. The second kappa shape index (κ2) is 6.95. The van der Waals surface area contributed by atoms with Crippen LogP contribution in [0.2, 0.25) is 0 Å². The molecule has 2 aromatic rings. The van der Waals surface area contributed by atoms with Crippen molar-refractivity contribution in [2.45, 2.75) is 12.5 Å². The summed E-state index contributed by atoms with van der Waals surface area (Å²) in [6, 6.07) is 5.38. The van der Waals surface area contributed by atoms with Crippen molar-refractivity contribution >= 4 is 23.5 Å². The Morgan fingerprint density at radius 3 is 2.32 bits per heavy atom. The Bertz CT molecular complexity index is 981. The zero-order valence-corrected chi connectivity index (χ0v) is 14.4. The van der Waals surface area contributed by atoms with Crippen LogP contribution in [0.15, 0.2) is 36.4 Å². The summed E-state index contributed by atoms with van der Waals surface area (Å²) in [6.45, 7) is 0.591. The van der Waals surface area contributed by atoms with Crippen molar-refractivity contribution in [1.82, 2.24) is 10.2 Å². The number of benzene rings is 2. The number of urea groups is 1. The third kappa shape index (κ3) is 3.28. The topological polar surface area (TPSA) is 78.5 Å². The van der Waals surface area contributed by atoms with Crippen LogP contribution in [0.25, 0.3) is 0 Å². The van der Waals surface area contributed by atoms with Gasteiger partial charge in [0, 0.05) is 0 Å². The zero-order chi connectivity index (χ0) is 20.6. The molecule has 1 heterocycles. The molecule has 0 bridgehead atoms. The molecule has 28 heavy (non-hydrogen) atoms. The predicted molar refractivity (Wildman–Crippen MR) is 88.9 cm³/mol. The number of hydrogen-bond donors (Lipinski definition) is 2. The summed E-state index contributed by atoms with van der Waals surface area (Å²) in [4.78, 5) is 37.5. The summed E-state index contributed by atoms with van der Waals surface area (Å²) >= 11 is 0. The number of rotatable bonds is 4. The Hall–Kier alpha value is -3.43. The van der Waals surface area contributed by atoms with E-state index in [1.54, 1.807) is 0 Å². The van der Waals surface area contributed by atoms with E-state index in [4.69, 9.17) is 0 Å². The summed E-state index contributed by atoms with van der Waals surface area (Å²) in [5.41, 5.74) is -1.88. The number of halogens is 4. The van der Waals surface area contributed by atoms with Gasteiger partial charge in [-0.1, -0.05) is 12.1 Å². The number of carbonyl (C=O) groups excluding carboxylic acids is 3. The lowest BCUT2D eigenvalue weighted by Gasteiger charge is -2.22. The van der Waals surface area contributed by atoms with Crippen molar-refractivity contribution in [1.29, 1.82) is 0 Å². The first-order chi connectivity index (χ1) is 13.1. The zero-order valence-electron chi connectivity index (χ0n) is 14.4. The molecule has 1 saturated heterocycles. The Morgan fingerprint density at radius 2 is 1.68 bits per heavy atom. The molecule has 2 N–H and O–H groups in total. The lowest BCUT2D eigenvalue weighted by Crippen LogP contribution is -2.42. The van der Waals surface area contributed by atoms with Crippen molar-refractivity contribution < 1.29 is 31.9 Å². The van der Waals surface area contributed by atoms with Gasteiger partial charge in [-0.25, -0.2) is 22.4 Å². The first-order valence-electron chi connectivity index (χ1n) is 7.97. The van der Waals surface area contributed by atoms with Gasteiger partial charge in [-0.15, -0.1) is 0 Å². The van der Waals surface area contributed by atoms with Crippen LogP contribution in [0.5, 0.6) is 0 Å². The number of amides is 4. The standard InChI is InChI=1S/C18H13F4N3O3/c1-18(9-2-4-10(19)5-3-9)16(27)25(17(28)24-18)8-13(26)23-12-7-6-11(20)14(21)15(12)22/h2-7H,8H2,1H3,(H,23,26)(H,24,28). The van der Waals surface area contributed by atoms with E-state index in [0.29, 0.717) is 16.5 Å². The molecular weight excluding hydrogens is 382 g/mol. The van der Waals surface area contributed by atoms with Crippen LogP contribution in [0, 0.1) is 23.3 Å². The van der Waals surface area contributed by atoms with Crippen molar-refractivity contribution in [2.75, 3.05) is 11.9 Å². The van der Waals surface area contributed by atoms with E-state index in [1.165, 1.54) is 19.1 Å². The average Bonchev–Trinajstić information content (AvgIpc) is 2.87. The fourth-order valence-electron chi connectivity index (χ4n) is 2.78. The Labute approximate surface area is 156 Å². The van der Waals surface area contributed by atoms with E-state index in [2.05, 4.69) is 5.32 Å². The highest BCUT2D eigenvalue weighted by Gasteiger charge is 2.49. The summed E-state index contributed by atoms with van der Waals surface area (Å²) in [7, 11) is 0. The van der Waals surface area contributed by atoms with Gasteiger partial charge in [-0.2, -0.15) is 0 Å². The smallest absolute Gasteiger partial charge is 0.322 e. The van der Waals surface area contributed by atoms with E-state index >= 15 is 0 Å². The summed E-state index contributed by atoms with van der Waals surface area (Å²) in [6.07, 6.45) is 0. The maximum atomic E-state index is 13.6. The second-order valence-electron chi connectivity index (χ2n) is 6.22. The molecule has 0 radical (unpaired) electrons. The number of anilines is 1. The maximum Gasteiger partial charge on any atom is 0.325 e. The van der Waals surface area contributed by atoms with Gasteiger partial charge in [0.1, 0.15) is 17.9 Å². The third-order valence-electron chi connectivity index (χ3n) is 4.31.